The number of hydrogen-bond acceptors (Lipinski definition) is 2. The van der Waals surface area contributed by atoms with Gasteiger partial charge in [0.2, 0.25) is 5.91 Å². The second kappa shape index (κ2) is 4.77. The van der Waals surface area contributed by atoms with Gasteiger partial charge in [-0.3, -0.25) is 4.79 Å². The predicted molar refractivity (Wildman–Crippen MR) is 65.9 cm³/mol. The number of hydrogen-bond donors (Lipinski definition) is 2. The van der Waals surface area contributed by atoms with E-state index in [4.69, 9.17) is 5.73 Å². The number of carbonyl (C=O) groups excluding carboxylic acids is 1. The molecule has 1 amide bonds. The molecule has 0 aliphatic rings. The molecule has 0 bridgehead atoms. The Morgan fingerprint density at radius 1 is 1.40 bits per heavy atom. The molecule has 1 unspecified atom stereocenters. The fourth-order valence-corrected chi connectivity index (χ4v) is 1.50. The molecule has 0 radical (unpaired) electrons. The molecule has 3 N–H and O–H groups in total. The van der Waals surface area contributed by atoms with E-state index in [9.17, 15) is 4.79 Å². The van der Waals surface area contributed by atoms with Crippen LogP contribution < -0.4 is 11.1 Å². The maximum absolute atomic E-state index is 11.4. The Hall–Kier alpha value is -0.870. The van der Waals surface area contributed by atoms with Crippen LogP contribution in [0.3, 0.4) is 0 Å². The van der Waals surface area contributed by atoms with Crippen molar-refractivity contribution in [1.82, 2.24) is 0 Å². The normalized spacial score (nSPS) is 12.3. The van der Waals surface area contributed by atoms with Crippen molar-refractivity contribution in [2.45, 2.75) is 26.8 Å². The second-order valence-electron chi connectivity index (χ2n) is 3.70. The van der Waals surface area contributed by atoms with Gasteiger partial charge in [0.25, 0.3) is 0 Å². The summed E-state index contributed by atoms with van der Waals surface area (Å²) in [7, 11) is 0. The quantitative estimate of drug-likeness (QED) is 0.867. The number of rotatable bonds is 2. The van der Waals surface area contributed by atoms with Gasteiger partial charge in [0.1, 0.15) is 0 Å². The first-order valence-electron chi connectivity index (χ1n) is 4.75. The van der Waals surface area contributed by atoms with Gasteiger partial charge in [-0.2, -0.15) is 0 Å². The molecular formula is C11H15BrN2O. The zero-order valence-corrected chi connectivity index (χ0v) is 10.7. The summed E-state index contributed by atoms with van der Waals surface area (Å²) < 4.78 is 1.07. The lowest BCUT2D eigenvalue weighted by Gasteiger charge is -2.11. The van der Waals surface area contributed by atoms with Crippen LogP contribution in [0.15, 0.2) is 16.6 Å². The summed E-state index contributed by atoms with van der Waals surface area (Å²) in [4.78, 5) is 11.4. The van der Waals surface area contributed by atoms with Crippen LogP contribution in [0.2, 0.25) is 0 Å². The van der Waals surface area contributed by atoms with Crippen molar-refractivity contribution in [3.8, 4) is 0 Å². The van der Waals surface area contributed by atoms with Crippen LogP contribution in [0.25, 0.3) is 0 Å². The third kappa shape index (κ3) is 3.04. The molecule has 0 heterocycles. The van der Waals surface area contributed by atoms with Crippen molar-refractivity contribution in [1.29, 1.82) is 0 Å². The molecule has 0 saturated carbocycles. The van der Waals surface area contributed by atoms with Gasteiger partial charge in [-0.15, -0.1) is 0 Å². The van der Waals surface area contributed by atoms with Gasteiger partial charge in [0.05, 0.1) is 6.04 Å². The van der Waals surface area contributed by atoms with Gasteiger partial charge >= 0.3 is 0 Å². The molecule has 1 aromatic carbocycles. The largest absolute Gasteiger partial charge is 0.325 e. The fraction of sp³-hybridized carbons (Fsp3) is 0.364. The lowest BCUT2D eigenvalue weighted by Crippen LogP contribution is -2.32. The monoisotopic (exact) mass is 270 g/mol. The maximum Gasteiger partial charge on any atom is 0.240 e. The number of carbonyl (C=O) groups is 1. The van der Waals surface area contributed by atoms with Gasteiger partial charge in [0.15, 0.2) is 0 Å². The van der Waals surface area contributed by atoms with Crippen molar-refractivity contribution in [3.05, 3.63) is 27.7 Å². The van der Waals surface area contributed by atoms with Crippen LogP contribution in [0.4, 0.5) is 5.69 Å². The van der Waals surface area contributed by atoms with Gasteiger partial charge in [-0.25, -0.2) is 0 Å². The van der Waals surface area contributed by atoms with Crippen molar-refractivity contribution in [2.75, 3.05) is 5.32 Å². The van der Waals surface area contributed by atoms with Crippen molar-refractivity contribution in [3.63, 3.8) is 0 Å². The summed E-state index contributed by atoms with van der Waals surface area (Å²) in [5, 5.41) is 2.77. The van der Waals surface area contributed by atoms with Crippen LogP contribution in [0.1, 0.15) is 18.1 Å². The first-order chi connectivity index (χ1) is 6.91. The Labute approximate surface area is 98.2 Å². The highest BCUT2D eigenvalue weighted by Crippen LogP contribution is 2.24. The lowest BCUT2D eigenvalue weighted by atomic mass is 10.1. The summed E-state index contributed by atoms with van der Waals surface area (Å²) in [6.07, 6.45) is 0. The molecular weight excluding hydrogens is 256 g/mol. The van der Waals surface area contributed by atoms with E-state index in [2.05, 4.69) is 21.2 Å². The Bertz CT molecular complexity index is 365. The highest BCUT2D eigenvalue weighted by Gasteiger charge is 2.09. The summed E-state index contributed by atoms with van der Waals surface area (Å²) in [5.41, 5.74) is 8.44. The Morgan fingerprint density at radius 3 is 2.27 bits per heavy atom. The van der Waals surface area contributed by atoms with Crippen LogP contribution in [-0.4, -0.2) is 11.9 Å². The molecule has 15 heavy (non-hydrogen) atoms. The van der Waals surface area contributed by atoms with E-state index < -0.39 is 6.04 Å². The summed E-state index contributed by atoms with van der Waals surface area (Å²) in [6.45, 7) is 5.63. The number of halogens is 1. The standard InChI is InChI=1S/C11H15BrN2O/c1-6-4-9(5-7(2)10(6)12)14-11(15)8(3)13/h4-5,8H,13H2,1-3H3,(H,14,15). The molecule has 0 fully saturated rings. The number of nitrogens with two attached hydrogens (primary N) is 1. The molecule has 0 aromatic heterocycles. The summed E-state index contributed by atoms with van der Waals surface area (Å²) >= 11 is 3.47. The van der Waals surface area contributed by atoms with E-state index in [1.54, 1.807) is 6.92 Å². The van der Waals surface area contributed by atoms with Gasteiger partial charge in [-0.05, 0) is 44.0 Å². The van der Waals surface area contributed by atoms with Crippen LogP contribution in [0.5, 0.6) is 0 Å². The highest BCUT2D eigenvalue weighted by atomic mass is 79.9. The molecule has 3 nitrogen and oxygen atoms in total. The first kappa shape index (κ1) is 12.2. The second-order valence-corrected chi connectivity index (χ2v) is 4.49. The SMILES string of the molecule is Cc1cc(NC(=O)C(C)N)cc(C)c1Br. The molecule has 0 spiro atoms. The van der Waals surface area contributed by atoms with E-state index >= 15 is 0 Å². The fourth-order valence-electron chi connectivity index (χ4n) is 1.27. The molecule has 1 atom stereocenters. The lowest BCUT2D eigenvalue weighted by molar-refractivity contribution is -0.117. The maximum atomic E-state index is 11.4. The van der Waals surface area contributed by atoms with Gasteiger partial charge in [0, 0.05) is 10.2 Å². The minimum atomic E-state index is -0.491. The number of aryl methyl sites for hydroxylation is 2. The Morgan fingerprint density at radius 2 is 1.87 bits per heavy atom. The van der Waals surface area contributed by atoms with Crippen molar-refractivity contribution < 1.29 is 4.79 Å². The number of nitrogens with one attached hydrogen (secondary N) is 1. The Balaban J connectivity index is 2.93. The molecule has 4 heteroatoms. The zero-order valence-electron chi connectivity index (χ0n) is 9.10. The third-order valence-electron chi connectivity index (χ3n) is 2.12. The zero-order chi connectivity index (χ0) is 11.6. The van der Waals surface area contributed by atoms with E-state index in [1.165, 1.54) is 0 Å². The molecule has 0 saturated heterocycles. The molecule has 0 aliphatic heterocycles. The predicted octanol–water partition coefficient (Wildman–Crippen LogP) is 2.35. The smallest absolute Gasteiger partial charge is 0.240 e. The average molecular weight is 271 g/mol. The van der Waals surface area contributed by atoms with E-state index in [0.717, 1.165) is 21.3 Å². The molecule has 1 aromatic rings. The van der Waals surface area contributed by atoms with Gasteiger partial charge in [-0.1, -0.05) is 15.9 Å². The minimum absolute atomic E-state index is 0.170. The number of amides is 1. The van der Waals surface area contributed by atoms with Crippen molar-refractivity contribution in [2.24, 2.45) is 5.73 Å². The molecule has 82 valence electrons. The van der Waals surface area contributed by atoms with E-state index in [-0.39, 0.29) is 5.91 Å². The van der Waals surface area contributed by atoms with Crippen molar-refractivity contribution >= 4 is 27.5 Å². The topological polar surface area (TPSA) is 55.1 Å². The van der Waals surface area contributed by atoms with E-state index in [1.807, 2.05) is 26.0 Å². The minimum Gasteiger partial charge on any atom is -0.325 e. The summed E-state index contributed by atoms with van der Waals surface area (Å²) in [6, 6.07) is 3.34. The molecule has 1 rings (SSSR count). The van der Waals surface area contributed by atoms with Gasteiger partial charge < -0.3 is 11.1 Å². The van der Waals surface area contributed by atoms with Crippen LogP contribution in [-0.2, 0) is 4.79 Å². The number of benzene rings is 1. The van der Waals surface area contributed by atoms with Crippen LogP contribution in [0, 0.1) is 13.8 Å². The highest BCUT2D eigenvalue weighted by molar-refractivity contribution is 9.10. The average Bonchev–Trinajstić information content (AvgIpc) is 2.13. The third-order valence-corrected chi connectivity index (χ3v) is 3.37. The van der Waals surface area contributed by atoms with Crippen LogP contribution >= 0.6 is 15.9 Å². The first-order valence-corrected chi connectivity index (χ1v) is 5.54. The Kier molecular flexibility index (Phi) is 3.88. The number of anilines is 1. The van der Waals surface area contributed by atoms with E-state index in [0.29, 0.717) is 0 Å². The summed E-state index contributed by atoms with van der Waals surface area (Å²) in [5.74, 6) is -0.170. The molecule has 0 aliphatic carbocycles.